The van der Waals surface area contributed by atoms with Crippen LogP contribution in [-0.4, -0.2) is 38.2 Å². The molecule has 1 fully saturated rings. The van der Waals surface area contributed by atoms with E-state index in [0.717, 1.165) is 12.1 Å². The van der Waals surface area contributed by atoms with Gasteiger partial charge >= 0.3 is 6.03 Å². The van der Waals surface area contributed by atoms with Crippen LogP contribution in [0.25, 0.3) is 0 Å². The van der Waals surface area contributed by atoms with Gasteiger partial charge < -0.3 is 20.3 Å². The van der Waals surface area contributed by atoms with Crippen molar-refractivity contribution in [1.82, 2.24) is 5.32 Å². The lowest BCUT2D eigenvalue weighted by atomic mass is 9.88. The molecular formula is C24H31N3O3. The fourth-order valence-corrected chi connectivity index (χ4v) is 3.77. The van der Waals surface area contributed by atoms with Gasteiger partial charge in [0.25, 0.3) is 5.91 Å². The number of para-hydroxylation sites is 1. The summed E-state index contributed by atoms with van der Waals surface area (Å²) in [7, 11) is 1.73. The van der Waals surface area contributed by atoms with Crippen LogP contribution in [0.1, 0.15) is 43.0 Å². The van der Waals surface area contributed by atoms with E-state index in [1.165, 1.54) is 19.3 Å². The molecule has 6 heteroatoms. The van der Waals surface area contributed by atoms with E-state index in [0.29, 0.717) is 36.4 Å². The highest BCUT2D eigenvalue weighted by Gasteiger charge is 2.21. The van der Waals surface area contributed by atoms with Crippen LogP contribution in [0.15, 0.2) is 54.6 Å². The Balaban J connectivity index is 1.47. The lowest BCUT2D eigenvalue weighted by molar-refractivity contribution is -0.00232. The predicted octanol–water partition coefficient (Wildman–Crippen LogP) is 4.68. The van der Waals surface area contributed by atoms with Gasteiger partial charge in [-0.25, -0.2) is 4.79 Å². The summed E-state index contributed by atoms with van der Waals surface area (Å²) in [6, 6.07) is 16.1. The van der Waals surface area contributed by atoms with E-state index < -0.39 is 0 Å². The molecule has 2 aromatic rings. The fraction of sp³-hybridized carbons (Fsp3) is 0.417. The number of hydrogen-bond acceptors (Lipinski definition) is 3. The lowest BCUT2D eigenvalue weighted by Crippen LogP contribution is -2.34. The largest absolute Gasteiger partial charge is 0.376 e. The van der Waals surface area contributed by atoms with E-state index in [-0.39, 0.29) is 11.9 Å². The minimum atomic E-state index is -0.309. The van der Waals surface area contributed by atoms with E-state index in [2.05, 4.69) is 17.6 Å². The Hall–Kier alpha value is -2.86. The van der Waals surface area contributed by atoms with E-state index in [1.54, 1.807) is 36.2 Å². The number of nitrogens with one attached hydrogen (secondary N) is 2. The molecular weight excluding hydrogens is 378 g/mol. The third kappa shape index (κ3) is 6.07. The molecule has 0 bridgehead atoms. The van der Waals surface area contributed by atoms with Crippen molar-refractivity contribution in [3.63, 3.8) is 0 Å². The van der Waals surface area contributed by atoms with E-state index in [4.69, 9.17) is 4.74 Å². The summed E-state index contributed by atoms with van der Waals surface area (Å²) >= 11 is 0. The van der Waals surface area contributed by atoms with Crippen LogP contribution < -0.4 is 15.5 Å². The first-order chi connectivity index (χ1) is 14.5. The van der Waals surface area contributed by atoms with Crippen LogP contribution in [-0.2, 0) is 4.74 Å². The molecule has 0 spiro atoms. The van der Waals surface area contributed by atoms with E-state index >= 15 is 0 Å². The van der Waals surface area contributed by atoms with Gasteiger partial charge in [-0.15, -0.1) is 0 Å². The Labute approximate surface area is 178 Å². The maximum atomic E-state index is 12.8. The highest BCUT2D eigenvalue weighted by Crippen LogP contribution is 2.26. The van der Waals surface area contributed by atoms with Gasteiger partial charge in [-0.3, -0.25) is 4.79 Å². The van der Waals surface area contributed by atoms with Crippen LogP contribution in [0.2, 0.25) is 0 Å². The van der Waals surface area contributed by atoms with Crippen molar-refractivity contribution in [2.45, 2.75) is 38.7 Å². The molecule has 1 saturated carbocycles. The molecule has 2 N–H and O–H groups in total. The summed E-state index contributed by atoms with van der Waals surface area (Å²) in [5, 5.41) is 5.60. The summed E-state index contributed by atoms with van der Waals surface area (Å²) < 4.78 is 5.92. The normalized spacial score (nSPS) is 18.5. The first-order valence-corrected chi connectivity index (χ1v) is 10.6. The Morgan fingerprint density at radius 3 is 2.60 bits per heavy atom. The zero-order valence-electron chi connectivity index (χ0n) is 17.8. The van der Waals surface area contributed by atoms with Gasteiger partial charge in [-0.1, -0.05) is 44.0 Å². The number of carbonyl (C=O) groups is 2. The van der Waals surface area contributed by atoms with Crippen molar-refractivity contribution in [3.8, 4) is 0 Å². The molecule has 160 valence electrons. The smallest absolute Gasteiger partial charge is 0.319 e. The zero-order chi connectivity index (χ0) is 21.3. The van der Waals surface area contributed by atoms with Crippen molar-refractivity contribution in [3.05, 3.63) is 60.2 Å². The molecule has 1 aliphatic carbocycles. The van der Waals surface area contributed by atoms with Crippen LogP contribution in [0.5, 0.6) is 0 Å². The molecule has 2 atom stereocenters. The summed E-state index contributed by atoms with van der Waals surface area (Å²) in [4.78, 5) is 26.5. The van der Waals surface area contributed by atoms with Crippen LogP contribution in [0.4, 0.5) is 16.2 Å². The van der Waals surface area contributed by atoms with Crippen molar-refractivity contribution < 1.29 is 14.3 Å². The third-order valence-electron chi connectivity index (χ3n) is 5.57. The second kappa shape index (κ2) is 10.8. The first-order valence-electron chi connectivity index (χ1n) is 10.6. The molecule has 3 rings (SSSR count). The lowest BCUT2D eigenvalue weighted by Gasteiger charge is -2.28. The Morgan fingerprint density at radius 2 is 1.83 bits per heavy atom. The first kappa shape index (κ1) is 21.8. The summed E-state index contributed by atoms with van der Waals surface area (Å²) in [5.41, 5.74) is 1.89. The molecule has 0 aromatic heterocycles. The highest BCUT2D eigenvalue weighted by atomic mass is 16.5. The molecule has 30 heavy (non-hydrogen) atoms. The number of rotatable bonds is 7. The summed E-state index contributed by atoms with van der Waals surface area (Å²) in [5.74, 6) is 0.446. The van der Waals surface area contributed by atoms with Crippen LogP contribution >= 0.6 is 0 Å². The van der Waals surface area contributed by atoms with Gasteiger partial charge in [0.1, 0.15) is 0 Å². The number of hydrogen-bond donors (Lipinski definition) is 2. The Morgan fingerprint density at radius 1 is 1.07 bits per heavy atom. The second-order valence-corrected chi connectivity index (χ2v) is 7.83. The molecule has 0 heterocycles. The van der Waals surface area contributed by atoms with Crippen LogP contribution in [0.3, 0.4) is 0 Å². The highest BCUT2D eigenvalue weighted by molar-refractivity contribution is 6.06. The Bertz CT molecular complexity index is 841. The maximum Gasteiger partial charge on any atom is 0.319 e. The quantitative estimate of drug-likeness (QED) is 0.652. The van der Waals surface area contributed by atoms with Crippen molar-refractivity contribution in [2.75, 3.05) is 30.4 Å². The molecule has 0 aliphatic heterocycles. The van der Waals surface area contributed by atoms with Gasteiger partial charge in [0.05, 0.1) is 12.7 Å². The average Bonchev–Trinajstić information content (AvgIpc) is 2.77. The SMILES string of the molecule is C[C@H]1CCCC[C@H]1OCCNC(=O)Nc1cccc(C(=O)N(C)c2ccccc2)c1. The molecule has 0 saturated heterocycles. The minimum absolute atomic E-state index is 0.139. The Kier molecular flexibility index (Phi) is 7.85. The molecule has 2 aromatic carbocycles. The number of carbonyl (C=O) groups excluding carboxylic acids is 2. The average molecular weight is 410 g/mol. The number of nitrogens with zero attached hydrogens (tertiary/aromatic N) is 1. The maximum absolute atomic E-state index is 12.8. The fourth-order valence-electron chi connectivity index (χ4n) is 3.77. The summed E-state index contributed by atoms with van der Waals surface area (Å²) in [6.07, 6.45) is 5.12. The van der Waals surface area contributed by atoms with Gasteiger partial charge in [0.15, 0.2) is 0 Å². The van der Waals surface area contributed by atoms with E-state index in [1.807, 2.05) is 30.3 Å². The third-order valence-corrected chi connectivity index (χ3v) is 5.57. The topological polar surface area (TPSA) is 70.7 Å². The predicted molar refractivity (Wildman–Crippen MR) is 120 cm³/mol. The number of ether oxygens (including phenoxy) is 1. The van der Waals surface area contributed by atoms with Crippen LogP contribution in [0, 0.1) is 5.92 Å². The minimum Gasteiger partial charge on any atom is -0.376 e. The van der Waals surface area contributed by atoms with Gasteiger partial charge in [0.2, 0.25) is 0 Å². The number of benzene rings is 2. The molecule has 0 radical (unpaired) electrons. The van der Waals surface area contributed by atoms with Gasteiger partial charge in [0, 0.05) is 30.5 Å². The number of anilines is 2. The second-order valence-electron chi connectivity index (χ2n) is 7.83. The molecule has 6 nitrogen and oxygen atoms in total. The van der Waals surface area contributed by atoms with Crippen molar-refractivity contribution in [1.29, 1.82) is 0 Å². The zero-order valence-corrected chi connectivity index (χ0v) is 17.8. The van der Waals surface area contributed by atoms with Crippen molar-refractivity contribution >= 4 is 23.3 Å². The van der Waals surface area contributed by atoms with Crippen molar-refractivity contribution in [2.24, 2.45) is 5.92 Å². The summed E-state index contributed by atoms with van der Waals surface area (Å²) in [6.45, 7) is 3.18. The molecule has 3 amide bonds. The van der Waals surface area contributed by atoms with E-state index in [9.17, 15) is 9.59 Å². The van der Waals surface area contributed by atoms with Gasteiger partial charge in [-0.2, -0.15) is 0 Å². The molecule has 0 unspecified atom stereocenters. The molecule has 1 aliphatic rings. The number of amides is 3. The van der Waals surface area contributed by atoms with Gasteiger partial charge in [-0.05, 0) is 49.1 Å². The monoisotopic (exact) mass is 409 g/mol. The standard InChI is InChI=1S/C24H31N3O3/c1-18-9-6-7-14-22(18)30-16-15-25-24(29)26-20-11-8-10-19(17-20)23(28)27(2)21-12-4-3-5-13-21/h3-5,8,10-13,17-18,22H,6-7,9,14-16H2,1-2H3,(H2,25,26,29)/t18-,22+/m0/s1. The number of urea groups is 1.